The highest BCUT2D eigenvalue weighted by Gasteiger charge is 2.15. The number of amides is 1. The molecule has 6 N–H and O–H groups in total. The molecule has 0 spiro atoms. The summed E-state index contributed by atoms with van der Waals surface area (Å²) in [6.45, 7) is 1.35. The van der Waals surface area contributed by atoms with Gasteiger partial charge in [0.2, 0.25) is 11.9 Å². The largest absolute Gasteiger partial charge is 0.426 e. The van der Waals surface area contributed by atoms with Gasteiger partial charge in [-0.1, -0.05) is 0 Å². The molecule has 28 heavy (non-hydrogen) atoms. The van der Waals surface area contributed by atoms with Crippen molar-refractivity contribution in [2.45, 2.75) is 13.5 Å². The molecule has 0 aliphatic heterocycles. The Balaban J connectivity index is 1.86. The lowest BCUT2D eigenvalue weighted by atomic mass is 10.2. The van der Waals surface area contributed by atoms with Gasteiger partial charge in [-0.2, -0.15) is 9.97 Å². The van der Waals surface area contributed by atoms with Crippen LogP contribution in [0.3, 0.4) is 0 Å². The molecule has 0 aliphatic carbocycles. The van der Waals surface area contributed by atoms with Crippen molar-refractivity contribution in [3.05, 3.63) is 36.2 Å². The highest BCUT2D eigenvalue weighted by molar-refractivity contribution is 5.91. The molecule has 0 bridgehead atoms. The minimum atomic E-state index is -0.553. The van der Waals surface area contributed by atoms with Crippen LogP contribution >= 0.6 is 0 Å². The maximum absolute atomic E-state index is 12.1. The summed E-state index contributed by atoms with van der Waals surface area (Å²) < 4.78 is 5.02. The van der Waals surface area contributed by atoms with Gasteiger partial charge < -0.3 is 26.8 Å². The molecule has 2 aromatic heterocycles. The van der Waals surface area contributed by atoms with Crippen molar-refractivity contribution in [1.29, 1.82) is 0 Å². The number of esters is 1. The number of rotatable bonds is 5. The van der Waals surface area contributed by atoms with Crippen molar-refractivity contribution in [3.63, 3.8) is 0 Å². The van der Waals surface area contributed by atoms with Crippen LogP contribution in [0.2, 0.25) is 0 Å². The Labute approximate surface area is 159 Å². The van der Waals surface area contributed by atoms with Crippen LogP contribution in [0.25, 0.3) is 11.2 Å². The molecular weight excluding hydrogens is 364 g/mol. The summed E-state index contributed by atoms with van der Waals surface area (Å²) in [5, 5.41) is 0. The van der Waals surface area contributed by atoms with Crippen LogP contribution in [0.1, 0.15) is 12.6 Å². The number of hydrogen-bond donors (Lipinski definition) is 3. The Bertz CT molecular complexity index is 1040. The maximum atomic E-state index is 12.1. The van der Waals surface area contributed by atoms with E-state index in [-0.39, 0.29) is 36.4 Å². The number of ether oxygens (including phenoxy) is 1. The smallest absolute Gasteiger partial charge is 0.325 e. The normalized spacial score (nSPS) is 10.6. The zero-order chi connectivity index (χ0) is 20.3. The van der Waals surface area contributed by atoms with E-state index in [0.29, 0.717) is 22.6 Å². The van der Waals surface area contributed by atoms with Gasteiger partial charge in [0.1, 0.15) is 5.75 Å². The highest BCUT2D eigenvalue weighted by Crippen LogP contribution is 2.22. The lowest BCUT2D eigenvalue weighted by Gasteiger charge is -2.21. The van der Waals surface area contributed by atoms with Gasteiger partial charge in [0.25, 0.3) is 0 Å². The molecule has 0 unspecified atom stereocenters. The second-order valence-corrected chi connectivity index (χ2v) is 5.78. The summed E-state index contributed by atoms with van der Waals surface area (Å²) in [4.78, 5) is 41.3. The van der Waals surface area contributed by atoms with Crippen LogP contribution < -0.4 is 26.8 Å². The van der Waals surface area contributed by atoms with Gasteiger partial charge in [0.05, 0.1) is 25.0 Å². The van der Waals surface area contributed by atoms with Crippen LogP contribution in [0.5, 0.6) is 5.75 Å². The van der Waals surface area contributed by atoms with Crippen molar-refractivity contribution < 1.29 is 14.3 Å². The fraction of sp³-hybridized carbons (Fsp3) is 0.176. The zero-order valence-corrected chi connectivity index (χ0v) is 15.0. The molecule has 144 valence electrons. The first-order valence-corrected chi connectivity index (χ1v) is 8.21. The number of carbonyl (C=O) groups is 2. The van der Waals surface area contributed by atoms with Crippen LogP contribution in [0.15, 0.2) is 30.5 Å². The number of aromatic nitrogens is 4. The summed E-state index contributed by atoms with van der Waals surface area (Å²) in [5.41, 5.74) is 18.2. The Morgan fingerprint density at radius 3 is 2.46 bits per heavy atom. The van der Waals surface area contributed by atoms with E-state index in [4.69, 9.17) is 21.9 Å². The number of anilines is 3. The fourth-order valence-corrected chi connectivity index (χ4v) is 2.47. The topological polar surface area (TPSA) is 176 Å². The van der Waals surface area contributed by atoms with Crippen molar-refractivity contribution >= 4 is 40.5 Å². The molecule has 0 saturated heterocycles. The summed E-state index contributed by atoms with van der Waals surface area (Å²) >= 11 is 0. The monoisotopic (exact) mass is 382 g/mol. The van der Waals surface area contributed by atoms with Gasteiger partial charge in [0.15, 0.2) is 17.0 Å². The van der Waals surface area contributed by atoms with Gasteiger partial charge in [-0.15, -0.1) is 0 Å². The van der Waals surface area contributed by atoms with E-state index in [2.05, 4.69) is 19.9 Å². The number of nitrogens with zero attached hydrogens (tertiary/aromatic N) is 5. The molecular formula is C17H18N8O3. The predicted octanol–water partition coefficient (Wildman–Crippen LogP) is 0.00140. The van der Waals surface area contributed by atoms with Gasteiger partial charge >= 0.3 is 5.97 Å². The predicted molar refractivity (Wildman–Crippen MR) is 102 cm³/mol. The van der Waals surface area contributed by atoms with E-state index < -0.39 is 5.97 Å². The SMILES string of the molecule is CC(=O)N(Cc1cnc2nc(N)nc(N)c2n1)c1ccc(OC(=O)CN)cc1. The van der Waals surface area contributed by atoms with Crippen LogP contribution in [-0.4, -0.2) is 38.4 Å². The molecule has 2 heterocycles. The second-order valence-electron chi connectivity index (χ2n) is 5.78. The van der Waals surface area contributed by atoms with Gasteiger partial charge in [-0.25, -0.2) is 9.97 Å². The molecule has 11 heteroatoms. The third kappa shape index (κ3) is 4.10. The third-order valence-corrected chi connectivity index (χ3v) is 3.75. The summed E-state index contributed by atoms with van der Waals surface area (Å²) in [6.07, 6.45) is 1.49. The van der Waals surface area contributed by atoms with Gasteiger partial charge in [-0.05, 0) is 24.3 Å². The summed E-state index contributed by atoms with van der Waals surface area (Å²) in [7, 11) is 0. The first kappa shape index (κ1) is 18.9. The number of nitrogen functional groups attached to an aromatic ring is 2. The van der Waals surface area contributed by atoms with E-state index in [0.717, 1.165) is 0 Å². The van der Waals surface area contributed by atoms with E-state index in [1.165, 1.54) is 18.0 Å². The van der Waals surface area contributed by atoms with E-state index in [1.807, 2.05) is 0 Å². The van der Waals surface area contributed by atoms with Crippen molar-refractivity contribution in [2.75, 3.05) is 22.9 Å². The first-order valence-electron chi connectivity index (χ1n) is 8.21. The average molecular weight is 382 g/mol. The number of nitrogens with two attached hydrogens (primary N) is 3. The zero-order valence-electron chi connectivity index (χ0n) is 15.0. The summed E-state index contributed by atoms with van der Waals surface area (Å²) in [6, 6.07) is 6.43. The Morgan fingerprint density at radius 1 is 1.11 bits per heavy atom. The fourth-order valence-electron chi connectivity index (χ4n) is 2.47. The number of hydrogen-bond acceptors (Lipinski definition) is 10. The van der Waals surface area contributed by atoms with Crippen LogP contribution in [-0.2, 0) is 16.1 Å². The molecule has 3 rings (SSSR count). The lowest BCUT2D eigenvalue weighted by Crippen LogP contribution is -2.28. The minimum absolute atomic E-state index is 0.00726. The standard InChI is InChI=1S/C17H18N8O3/c1-9(26)25(11-2-4-12(5-3-11)28-13(27)6-18)8-10-7-21-16-14(22-10)15(19)23-17(20)24-16/h2-5,7H,6,8,18H2,1H3,(H4,19,20,21,23,24). The highest BCUT2D eigenvalue weighted by atomic mass is 16.5. The van der Waals surface area contributed by atoms with E-state index in [9.17, 15) is 9.59 Å². The quantitative estimate of drug-likeness (QED) is 0.402. The number of carbonyl (C=O) groups excluding carboxylic acids is 2. The van der Waals surface area contributed by atoms with Crippen molar-refractivity contribution in [3.8, 4) is 5.75 Å². The lowest BCUT2D eigenvalue weighted by molar-refractivity contribution is -0.132. The molecule has 0 radical (unpaired) electrons. The number of benzene rings is 1. The number of fused-ring (bicyclic) bond motifs is 1. The van der Waals surface area contributed by atoms with Gasteiger partial charge in [-0.3, -0.25) is 9.59 Å². The Hall–Kier alpha value is -3.86. The molecule has 1 amide bonds. The Morgan fingerprint density at radius 2 is 1.82 bits per heavy atom. The summed E-state index contributed by atoms with van der Waals surface area (Å²) in [5.74, 6) is -0.320. The van der Waals surface area contributed by atoms with Crippen molar-refractivity contribution in [2.24, 2.45) is 5.73 Å². The molecule has 11 nitrogen and oxygen atoms in total. The van der Waals surface area contributed by atoms with E-state index >= 15 is 0 Å². The second kappa shape index (κ2) is 7.80. The van der Waals surface area contributed by atoms with Crippen molar-refractivity contribution in [1.82, 2.24) is 19.9 Å². The van der Waals surface area contributed by atoms with Crippen LogP contribution in [0, 0.1) is 0 Å². The van der Waals surface area contributed by atoms with Crippen LogP contribution in [0.4, 0.5) is 17.5 Å². The molecule has 3 aromatic rings. The van der Waals surface area contributed by atoms with Gasteiger partial charge in [0, 0.05) is 12.6 Å². The molecule has 0 atom stereocenters. The molecule has 1 aromatic carbocycles. The molecule has 0 fully saturated rings. The Kier molecular flexibility index (Phi) is 5.27. The first-order chi connectivity index (χ1) is 13.4. The molecule has 0 aliphatic rings. The average Bonchev–Trinajstić information content (AvgIpc) is 2.66. The van der Waals surface area contributed by atoms with E-state index in [1.54, 1.807) is 24.3 Å². The third-order valence-electron chi connectivity index (χ3n) is 3.75. The molecule has 0 saturated carbocycles. The minimum Gasteiger partial charge on any atom is -0.426 e. The maximum Gasteiger partial charge on any atom is 0.325 e.